The van der Waals surface area contributed by atoms with Crippen molar-refractivity contribution in [1.29, 1.82) is 0 Å². The van der Waals surface area contributed by atoms with Gasteiger partial charge in [0.05, 0.1) is 17.4 Å². The van der Waals surface area contributed by atoms with Crippen molar-refractivity contribution >= 4 is 23.4 Å². The van der Waals surface area contributed by atoms with E-state index < -0.39 is 5.97 Å². The van der Waals surface area contributed by atoms with E-state index in [1.807, 2.05) is 13.0 Å². The van der Waals surface area contributed by atoms with E-state index in [2.05, 4.69) is 4.98 Å². The van der Waals surface area contributed by atoms with Crippen LogP contribution in [-0.2, 0) is 0 Å². The molecule has 6 nitrogen and oxygen atoms in total. The van der Waals surface area contributed by atoms with Gasteiger partial charge in [-0.2, -0.15) is 0 Å². The van der Waals surface area contributed by atoms with E-state index >= 15 is 0 Å². The van der Waals surface area contributed by atoms with Crippen LogP contribution in [0.25, 0.3) is 0 Å². The fourth-order valence-electron chi connectivity index (χ4n) is 2.52. The summed E-state index contributed by atoms with van der Waals surface area (Å²) in [6.07, 6.45) is 3.38. The number of carbonyl (C=O) groups is 2. The van der Waals surface area contributed by atoms with Gasteiger partial charge in [0.2, 0.25) is 0 Å². The fourth-order valence-corrected chi connectivity index (χ4v) is 2.52. The van der Waals surface area contributed by atoms with Crippen LogP contribution in [0.15, 0.2) is 42.7 Å². The second-order valence-corrected chi connectivity index (χ2v) is 5.10. The minimum absolute atomic E-state index is 0.126. The quantitative estimate of drug-likeness (QED) is 0.944. The molecule has 22 heavy (non-hydrogen) atoms. The lowest BCUT2D eigenvalue weighted by atomic mass is 10.2. The van der Waals surface area contributed by atoms with Gasteiger partial charge >= 0.3 is 12.0 Å². The van der Waals surface area contributed by atoms with Crippen molar-refractivity contribution in [2.75, 3.05) is 22.9 Å². The average Bonchev–Trinajstić information content (AvgIpc) is 2.89. The number of nitrogens with zero attached hydrogens (tertiary/aromatic N) is 3. The van der Waals surface area contributed by atoms with Crippen LogP contribution in [0.1, 0.15) is 15.9 Å². The standard InChI is InChI=1S/C16H15N3O3/c1-11-6-7-17-10-14(11)19-9-8-18(16(19)22)13-4-2-12(3-5-13)15(20)21/h2-7,10H,8-9H2,1H3,(H,20,21). The number of benzene rings is 1. The number of aromatic carboxylic acids is 1. The SMILES string of the molecule is Cc1ccncc1N1CCN(c2ccc(C(=O)O)cc2)C1=O. The lowest BCUT2D eigenvalue weighted by Gasteiger charge is -2.20. The summed E-state index contributed by atoms with van der Waals surface area (Å²) >= 11 is 0. The molecule has 0 bridgehead atoms. The highest BCUT2D eigenvalue weighted by molar-refractivity contribution is 6.06. The topological polar surface area (TPSA) is 73.7 Å². The lowest BCUT2D eigenvalue weighted by molar-refractivity contribution is 0.0697. The zero-order valence-electron chi connectivity index (χ0n) is 12.1. The minimum Gasteiger partial charge on any atom is -0.478 e. The molecule has 2 heterocycles. The van der Waals surface area contributed by atoms with Gasteiger partial charge in [0.1, 0.15) is 0 Å². The maximum absolute atomic E-state index is 12.6. The number of carboxylic acids is 1. The normalized spacial score (nSPS) is 14.5. The highest BCUT2D eigenvalue weighted by Crippen LogP contribution is 2.26. The zero-order chi connectivity index (χ0) is 15.7. The molecule has 1 aliphatic heterocycles. The van der Waals surface area contributed by atoms with Gasteiger partial charge in [-0.25, -0.2) is 9.59 Å². The number of carboxylic acid groups (broad SMARTS) is 1. The van der Waals surface area contributed by atoms with E-state index in [1.165, 1.54) is 12.1 Å². The largest absolute Gasteiger partial charge is 0.478 e. The number of anilines is 2. The first kappa shape index (κ1) is 14.1. The Morgan fingerprint density at radius 2 is 1.82 bits per heavy atom. The molecule has 1 aliphatic rings. The maximum Gasteiger partial charge on any atom is 0.335 e. The Hall–Kier alpha value is -2.89. The average molecular weight is 297 g/mol. The molecule has 3 rings (SSSR count). The number of aromatic nitrogens is 1. The van der Waals surface area contributed by atoms with Crippen molar-refractivity contribution < 1.29 is 14.7 Å². The molecule has 2 amide bonds. The first-order valence-electron chi connectivity index (χ1n) is 6.91. The van der Waals surface area contributed by atoms with Crippen molar-refractivity contribution in [3.05, 3.63) is 53.9 Å². The molecular weight excluding hydrogens is 282 g/mol. The lowest BCUT2D eigenvalue weighted by Crippen LogP contribution is -2.32. The minimum atomic E-state index is -0.980. The summed E-state index contributed by atoms with van der Waals surface area (Å²) in [5, 5.41) is 8.92. The Balaban J connectivity index is 1.85. The van der Waals surface area contributed by atoms with Crippen LogP contribution in [0.3, 0.4) is 0 Å². The molecule has 0 atom stereocenters. The number of carbonyl (C=O) groups excluding carboxylic acids is 1. The number of rotatable bonds is 3. The highest BCUT2D eigenvalue weighted by Gasteiger charge is 2.31. The number of amides is 2. The molecule has 0 aliphatic carbocycles. The number of hydrogen-bond donors (Lipinski definition) is 1. The van der Waals surface area contributed by atoms with Crippen LogP contribution in [0.2, 0.25) is 0 Å². The van der Waals surface area contributed by atoms with Crippen LogP contribution < -0.4 is 9.80 Å². The Morgan fingerprint density at radius 1 is 1.14 bits per heavy atom. The van der Waals surface area contributed by atoms with E-state index in [0.717, 1.165) is 11.3 Å². The number of pyridine rings is 1. The second-order valence-electron chi connectivity index (χ2n) is 5.10. The van der Waals surface area contributed by atoms with Gasteiger partial charge in [-0.15, -0.1) is 0 Å². The Kier molecular flexibility index (Phi) is 3.50. The predicted octanol–water partition coefficient (Wildman–Crippen LogP) is 2.53. The third-order valence-corrected chi connectivity index (χ3v) is 3.74. The monoisotopic (exact) mass is 297 g/mol. The van der Waals surface area contributed by atoms with Crippen LogP contribution >= 0.6 is 0 Å². The Morgan fingerprint density at radius 3 is 2.45 bits per heavy atom. The van der Waals surface area contributed by atoms with E-state index in [0.29, 0.717) is 18.8 Å². The molecule has 1 aromatic carbocycles. The van der Waals surface area contributed by atoms with Gasteiger partial charge in [0.25, 0.3) is 0 Å². The fraction of sp³-hybridized carbons (Fsp3) is 0.188. The smallest absolute Gasteiger partial charge is 0.335 e. The van der Waals surface area contributed by atoms with Crippen LogP contribution in [0.5, 0.6) is 0 Å². The summed E-state index contributed by atoms with van der Waals surface area (Å²) in [7, 11) is 0. The molecule has 1 fully saturated rings. The first-order valence-corrected chi connectivity index (χ1v) is 6.91. The molecule has 0 radical (unpaired) electrons. The van der Waals surface area contributed by atoms with Crippen LogP contribution in [0, 0.1) is 6.92 Å². The zero-order valence-corrected chi connectivity index (χ0v) is 12.1. The Bertz CT molecular complexity index is 728. The van der Waals surface area contributed by atoms with Crippen LogP contribution in [-0.4, -0.2) is 35.2 Å². The maximum atomic E-state index is 12.6. The third-order valence-electron chi connectivity index (χ3n) is 3.74. The molecule has 1 aromatic heterocycles. The van der Waals surface area contributed by atoms with Gasteiger partial charge < -0.3 is 5.11 Å². The summed E-state index contributed by atoms with van der Waals surface area (Å²) in [5.74, 6) is -0.980. The van der Waals surface area contributed by atoms with E-state index in [9.17, 15) is 9.59 Å². The molecular formula is C16H15N3O3. The molecule has 1 N–H and O–H groups in total. The van der Waals surface area contributed by atoms with Crippen molar-refractivity contribution in [1.82, 2.24) is 4.98 Å². The highest BCUT2D eigenvalue weighted by atomic mass is 16.4. The summed E-state index contributed by atoms with van der Waals surface area (Å²) in [6.45, 7) is 3.07. The van der Waals surface area contributed by atoms with Crippen LogP contribution in [0.4, 0.5) is 16.2 Å². The number of urea groups is 1. The van der Waals surface area contributed by atoms with Crippen molar-refractivity contribution in [2.24, 2.45) is 0 Å². The molecule has 0 spiro atoms. The molecule has 112 valence electrons. The Labute approximate surface area is 127 Å². The van der Waals surface area contributed by atoms with E-state index in [-0.39, 0.29) is 11.6 Å². The van der Waals surface area contributed by atoms with E-state index in [1.54, 1.807) is 34.3 Å². The van der Waals surface area contributed by atoms with Gasteiger partial charge in [0.15, 0.2) is 0 Å². The van der Waals surface area contributed by atoms with Gasteiger partial charge in [-0.3, -0.25) is 14.8 Å². The third kappa shape index (κ3) is 2.39. The molecule has 1 saturated heterocycles. The molecule has 6 heteroatoms. The van der Waals surface area contributed by atoms with Gasteiger partial charge in [0, 0.05) is 25.0 Å². The summed E-state index contributed by atoms with van der Waals surface area (Å²) in [6, 6.07) is 8.06. The van der Waals surface area contributed by atoms with Crippen molar-refractivity contribution in [2.45, 2.75) is 6.92 Å². The van der Waals surface area contributed by atoms with Gasteiger partial charge in [-0.1, -0.05) is 0 Å². The predicted molar refractivity (Wildman–Crippen MR) is 82.5 cm³/mol. The summed E-state index contributed by atoms with van der Waals surface area (Å²) in [4.78, 5) is 30.9. The number of aryl methyl sites for hydroxylation is 1. The van der Waals surface area contributed by atoms with Crippen molar-refractivity contribution in [3.63, 3.8) is 0 Å². The van der Waals surface area contributed by atoms with E-state index in [4.69, 9.17) is 5.11 Å². The summed E-state index contributed by atoms with van der Waals surface area (Å²) in [5.41, 5.74) is 2.69. The second kappa shape index (κ2) is 5.48. The van der Waals surface area contributed by atoms with Gasteiger partial charge in [-0.05, 0) is 42.8 Å². The molecule has 0 saturated carbocycles. The van der Waals surface area contributed by atoms with Crippen molar-refractivity contribution in [3.8, 4) is 0 Å². The summed E-state index contributed by atoms with van der Waals surface area (Å²) < 4.78 is 0. The molecule has 0 unspecified atom stereocenters. The number of hydrogen-bond acceptors (Lipinski definition) is 3. The molecule has 2 aromatic rings. The first-order chi connectivity index (χ1) is 10.6.